The highest BCUT2D eigenvalue weighted by Gasteiger charge is 2.18. The Balaban J connectivity index is 2.85. The normalized spacial score (nSPS) is 11.0. The second kappa shape index (κ2) is 3.89. The molecule has 0 N–H and O–H groups in total. The molecule has 80 valence electrons. The van der Waals surface area contributed by atoms with E-state index in [0.29, 0.717) is 10.9 Å². The molecule has 0 spiro atoms. The Hall–Kier alpha value is -1.97. The Morgan fingerprint density at radius 2 is 1.75 bits per heavy atom. The van der Waals surface area contributed by atoms with E-state index < -0.39 is 9.84 Å². The summed E-state index contributed by atoms with van der Waals surface area (Å²) in [4.78, 5) is 2.72. The molecule has 0 unspecified atom stereocenters. The Morgan fingerprint density at radius 1 is 1.06 bits per heavy atom. The third-order valence-electron chi connectivity index (χ3n) is 2.24. The van der Waals surface area contributed by atoms with Gasteiger partial charge in [0.25, 0.3) is 9.84 Å². The molecule has 0 aromatic heterocycles. The fraction of sp³-hybridized carbons (Fsp3) is 0. The summed E-state index contributed by atoms with van der Waals surface area (Å²) in [6, 6.07) is 12.1. The highest BCUT2D eigenvalue weighted by Crippen LogP contribution is 2.22. The van der Waals surface area contributed by atoms with Gasteiger partial charge in [0.2, 0.25) is 0 Å². The Labute approximate surface area is 92.7 Å². The number of nitrogens with zero attached hydrogens (tertiary/aromatic N) is 2. The first-order valence-corrected chi connectivity index (χ1v) is 6.10. The monoisotopic (exact) mass is 232 g/mol. The zero-order chi connectivity index (χ0) is 11.6. The largest absolute Gasteiger partial charge is 0.374 e. The predicted molar refractivity (Wildman–Crippen MR) is 60.8 cm³/mol. The second-order valence-corrected chi connectivity index (χ2v) is 4.98. The highest BCUT2D eigenvalue weighted by molar-refractivity contribution is 8.04. The molecule has 0 atom stereocenters. The fourth-order valence-electron chi connectivity index (χ4n) is 1.56. The van der Waals surface area contributed by atoms with Gasteiger partial charge in [-0.2, -0.15) is 4.79 Å². The molecule has 0 amide bonds. The minimum atomic E-state index is -3.68. The number of fused-ring (bicyclic) bond motifs is 1. The second-order valence-electron chi connectivity index (χ2n) is 3.24. The summed E-state index contributed by atoms with van der Waals surface area (Å²) in [6.07, 6.45) is 0. The molecular formula is C11H8N2O2S. The number of sulfone groups is 1. The van der Waals surface area contributed by atoms with Crippen molar-refractivity contribution in [3.63, 3.8) is 0 Å². The van der Waals surface area contributed by atoms with E-state index in [1.165, 1.54) is 6.07 Å². The molecule has 2 rings (SSSR count). The lowest BCUT2D eigenvalue weighted by atomic mass is 10.1. The maximum Gasteiger partial charge on any atom is 0.374 e. The first-order valence-electron chi connectivity index (χ1n) is 4.55. The van der Waals surface area contributed by atoms with Crippen LogP contribution in [0.15, 0.2) is 47.4 Å². The maximum atomic E-state index is 11.7. The van der Waals surface area contributed by atoms with Crippen molar-refractivity contribution in [1.82, 2.24) is 0 Å². The number of hydrogen-bond donors (Lipinski definition) is 0. The average molecular weight is 232 g/mol. The van der Waals surface area contributed by atoms with Gasteiger partial charge in [-0.25, -0.2) is 8.42 Å². The molecule has 5 heteroatoms. The topological polar surface area (TPSA) is 70.5 Å². The van der Waals surface area contributed by atoms with Gasteiger partial charge in [-0.05, 0) is 11.5 Å². The molecular weight excluding hydrogens is 224 g/mol. The molecule has 16 heavy (non-hydrogen) atoms. The lowest BCUT2D eigenvalue weighted by Gasteiger charge is -2.01. The van der Waals surface area contributed by atoms with Crippen LogP contribution in [-0.2, 0) is 9.84 Å². The summed E-state index contributed by atoms with van der Waals surface area (Å²) in [7, 11) is -3.68. The number of hydrogen-bond acceptors (Lipinski definition) is 2. The average Bonchev–Trinajstić information content (AvgIpc) is 2.28. The number of benzene rings is 2. The van der Waals surface area contributed by atoms with Crippen LogP contribution in [-0.4, -0.2) is 18.8 Å². The lowest BCUT2D eigenvalue weighted by Crippen LogP contribution is -2.03. The van der Waals surface area contributed by atoms with E-state index in [1.807, 2.05) is 18.2 Å². The van der Waals surface area contributed by atoms with E-state index in [2.05, 4.69) is 4.79 Å². The van der Waals surface area contributed by atoms with Gasteiger partial charge < -0.3 is 5.53 Å². The van der Waals surface area contributed by atoms with Gasteiger partial charge in [0.05, 0.1) is 4.90 Å². The first-order chi connectivity index (χ1) is 7.65. The van der Waals surface area contributed by atoms with E-state index in [1.54, 1.807) is 18.2 Å². The molecule has 2 aromatic rings. The molecule has 0 radical (unpaired) electrons. The molecule has 0 aliphatic carbocycles. The third-order valence-corrected chi connectivity index (χ3v) is 3.58. The van der Waals surface area contributed by atoms with Crippen LogP contribution in [0.25, 0.3) is 16.3 Å². The molecule has 0 heterocycles. The summed E-state index contributed by atoms with van der Waals surface area (Å²) < 4.78 is 23.5. The molecule has 0 fully saturated rings. The first kappa shape index (κ1) is 10.5. The standard InChI is InChI=1S/C11H8N2O2S/c12-13-8-16(14,15)11-7-3-5-9-4-1-2-6-10(9)11/h1-8H. The Bertz CT molecular complexity index is 681. The van der Waals surface area contributed by atoms with E-state index in [-0.39, 0.29) is 4.90 Å². The van der Waals surface area contributed by atoms with Crippen molar-refractivity contribution >= 4 is 26.2 Å². The molecule has 0 bridgehead atoms. The van der Waals surface area contributed by atoms with Crippen LogP contribution >= 0.6 is 0 Å². The zero-order valence-electron chi connectivity index (χ0n) is 8.24. The van der Waals surface area contributed by atoms with Crippen LogP contribution in [0, 0.1) is 0 Å². The smallest absolute Gasteiger partial charge is 0.361 e. The van der Waals surface area contributed by atoms with E-state index in [4.69, 9.17) is 5.53 Å². The minimum Gasteiger partial charge on any atom is -0.361 e. The summed E-state index contributed by atoms with van der Waals surface area (Å²) in [5.74, 6) is 0. The zero-order valence-corrected chi connectivity index (χ0v) is 9.05. The van der Waals surface area contributed by atoms with Crippen LogP contribution < -0.4 is 0 Å². The SMILES string of the molecule is [N-]=[N+]=CS(=O)(=O)c1cccc2ccccc12. The fourth-order valence-corrected chi connectivity index (χ4v) is 2.56. The minimum absolute atomic E-state index is 0.142. The predicted octanol–water partition coefficient (Wildman–Crippen LogP) is 1.87. The van der Waals surface area contributed by atoms with Crippen molar-refractivity contribution in [3.8, 4) is 0 Å². The van der Waals surface area contributed by atoms with Crippen LogP contribution in [0.4, 0.5) is 0 Å². The van der Waals surface area contributed by atoms with Crippen LogP contribution in [0.5, 0.6) is 0 Å². The van der Waals surface area contributed by atoms with E-state index >= 15 is 0 Å². The van der Waals surface area contributed by atoms with Crippen LogP contribution in [0.2, 0.25) is 0 Å². The van der Waals surface area contributed by atoms with Gasteiger partial charge in [-0.15, -0.1) is 0 Å². The third kappa shape index (κ3) is 1.74. The molecule has 2 aromatic carbocycles. The summed E-state index contributed by atoms with van der Waals surface area (Å²) >= 11 is 0. The van der Waals surface area contributed by atoms with Gasteiger partial charge in [0.1, 0.15) is 0 Å². The summed E-state index contributed by atoms with van der Waals surface area (Å²) in [5, 5.41) is 1.44. The Morgan fingerprint density at radius 3 is 2.50 bits per heavy atom. The Kier molecular flexibility index (Phi) is 2.56. The summed E-state index contributed by atoms with van der Waals surface area (Å²) in [6.45, 7) is 0. The van der Waals surface area contributed by atoms with Gasteiger partial charge in [0.15, 0.2) is 0 Å². The highest BCUT2D eigenvalue weighted by atomic mass is 32.2. The van der Waals surface area contributed by atoms with Gasteiger partial charge in [-0.1, -0.05) is 36.4 Å². The van der Waals surface area contributed by atoms with Crippen molar-refractivity contribution < 1.29 is 13.2 Å². The quantitative estimate of drug-likeness (QED) is 0.343. The van der Waals surface area contributed by atoms with Crippen molar-refractivity contribution in [2.75, 3.05) is 0 Å². The molecule has 4 nitrogen and oxygen atoms in total. The van der Waals surface area contributed by atoms with Crippen molar-refractivity contribution in [2.24, 2.45) is 0 Å². The van der Waals surface area contributed by atoms with E-state index in [0.717, 1.165) is 5.39 Å². The molecule has 0 saturated heterocycles. The molecule has 0 saturated carbocycles. The lowest BCUT2D eigenvalue weighted by molar-refractivity contribution is 0.00754. The molecule has 0 aliphatic rings. The maximum absolute atomic E-state index is 11.7. The summed E-state index contributed by atoms with van der Waals surface area (Å²) in [5.41, 5.74) is 8.86. The van der Waals surface area contributed by atoms with Crippen molar-refractivity contribution in [2.45, 2.75) is 4.90 Å². The van der Waals surface area contributed by atoms with Gasteiger partial charge in [0, 0.05) is 5.39 Å². The van der Waals surface area contributed by atoms with Gasteiger partial charge >= 0.3 is 5.55 Å². The number of rotatable bonds is 2. The van der Waals surface area contributed by atoms with Crippen molar-refractivity contribution in [3.05, 3.63) is 48.0 Å². The van der Waals surface area contributed by atoms with Crippen molar-refractivity contribution in [1.29, 1.82) is 0 Å². The van der Waals surface area contributed by atoms with Crippen LogP contribution in [0.3, 0.4) is 0 Å². The van der Waals surface area contributed by atoms with Crippen LogP contribution in [0.1, 0.15) is 0 Å². The molecule has 0 aliphatic heterocycles. The van der Waals surface area contributed by atoms with E-state index in [9.17, 15) is 8.42 Å². The van der Waals surface area contributed by atoms with Gasteiger partial charge in [-0.3, -0.25) is 0 Å².